The zero-order chi connectivity index (χ0) is 15.7. The first-order valence-corrected chi connectivity index (χ1v) is 7.02. The van der Waals surface area contributed by atoms with E-state index in [0.717, 1.165) is 0 Å². The molecular formula is C14H26N2O4. The van der Waals surface area contributed by atoms with Crippen LogP contribution in [0.4, 0.5) is 0 Å². The van der Waals surface area contributed by atoms with Gasteiger partial charge in [0.15, 0.2) is 0 Å². The van der Waals surface area contributed by atoms with Gasteiger partial charge in [-0.3, -0.25) is 14.4 Å². The van der Waals surface area contributed by atoms with Crippen molar-refractivity contribution in [2.24, 2.45) is 11.8 Å². The van der Waals surface area contributed by atoms with Crippen LogP contribution >= 0.6 is 0 Å². The number of hydrogen-bond acceptors (Lipinski definition) is 3. The van der Waals surface area contributed by atoms with Crippen molar-refractivity contribution >= 4 is 17.8 Å². The van der Waals surface area contributed by atoms with Gasteiger partial charge in [0.25, 0.3) is 0 Å². The van der Waals surface area contributed by atoms with E-state index in [9.17, 15) is 14.4 Å². The average molecular weight is 286 g/mol. The SMILES string of the molecule is CC(C)CC(=O)NC(C(=O)NCCCC(=O)O)C(C)C. The molecule has 0 rings (SSSR count). The van der Waals surface area contributed by atoms with Gasteiger partial charge in [-0.2, -0.15) is 0 Å². The van der Waals surface area contributed by atoms with Crippen molar-refractivity contribution in [1.82, 2.24) is 10.6 Å². The Morgan fingerprint density at radius 1 is 1.10 bits per heavy atom. The molecule has 0 aliphatic heterocycles. The van der Waals surface area contributed by atoms with E-state index < -0.39 is 12.0 Å². The minimum Gasteiger partial charge on any atom is -0.481 e. The Hall–Kier alpha value is -1.59. The smallest absolute Gasteiger partial charge is 0.303 e. The lowest BCUT2D eigenvalue weighted by Crippen LogP contribution is -2.50. The topological polar surface area (TPSA) is 95.5 Å². The molecule has 0 radical (unpaired) electrons. The summed E-state index contributed by atoms with van der Waals surface area (Å²) in [6, 6.07) is -0.578. The molecule has 0 bridgehead atoms. The van der Waals surface area contributed by atoms with Gasteiger partial charge >= 0.3 is 5.97 Å². The normalized spacial score (nSPS) is 12.3. The van der Waals surface area contributed by atoms with Gasteiger partial charge in [0.05, 0.1) is 0 Å². The van der Waals surface area contributed by atoms with E-state index in [2.05, 4.69) is 10.6 Å². The van der Waals surface area contributed by atoms with Gasteiger partial charge in [-0.25, -0.2) is 0 Å². The molecule has 0 aromatic heterocycles. The van der Waals surface area contributed by atoms with Crippen LogP contribution in [0.1, 0.15) is 47.0 Å². The van der Waals surface area contributed by atoms with Crippen LogP contribution in [0.5, 0.6) is 0 Å². The fourth-order valence-corrected chi connectivity index (χ4v) is 1.70. The Balaban J connectivity index is 4.26. The second-order valence-electron chi connectivity index (χ2n) is 5.68. The first kappa shape index (κ1) is 18.4. The molecule has 1 unspecified atom stereocenters. The van der Waals surface area contributed by atoms with Gasteiger partial charge in [-0.05, 0) is 18.3 Å². The Kier molecular flexibility index (Phi) is 8.59. The predicted molar refractivity (Wildman–Crippen MR) is 76.1 cm³/mol. The summed E-state index contributed by atoms with van der Waals surface area (Å²) in [5, 5.41) is 13.9. The summed E-state index contributed by atoms with van der Waals surface area (Å²) < 4.78 is 0. The predicted octanol–water partition coefficient (Wildman–Crippen LogP) is 1.15. The van der Waals surface area contributed by atoms with Gasteiger partial charge in [-0.15, -0.1) is 0 Å². The monoisotopic (exact) mass is 286 g/mol. The molecule has 0 saturated carbocycles. The Bertz CT molecular complexity index is 340. The maximum atomic E-state index is 12.0. The molecule has 0 spiro atoms. The van der Waals surface area contributed by atoms with Crippen molar-refractivity contribution < 1.29 is 19.5 Å². The third-order valence-corrected chi connectivity index (χ3v) is 2.73. The van der Waals surface area contributed by atoms with Crippen LogP contribution in [-0.4, -0.2) is 35.5 Å². The average Bonchev–Trinajstić information content (AvgIpc) is 2.29. The minimum atomic E-state index is -0.884. The fraction of sp³-hybridized carbons (Fsp3) is 0.786. The number of carboxylic acids is 1. The van der Waals surface area contributed by atoms with Crippen LogP contribution in [0, 0.1) is 11.8 Å². The highest BCUT2D eigenvalue weighted by atomic mass is 16.4. The number of rotatable bonds is 9. The van der Waals surface area contributed by atoms with Crippen LogP contribution in [-0.2, 0) is 14.4 Å². The second-order valence-corrected chi connectivity index (χ2v) is 5.68. The van der Waals surface area contributed by atoms with Crippen molar-refractivity contribution in [3.8, 4) is 0 Å². The first-order chi connectivity index (χ1) is 9.23. The Morgan fingerprint density at radius 2 is 1.70 bits per heavy atom. The third-order valence-electron chi connectivity index (χ3n) is 2.73. The molecule has 6 nitrogen and oxygen atoms in total. The summed E-state index contributed by atoms with van der Waals surface area (Å²) in [7, 11) is 0. The van der Waals surface area contributed by atoms with Crippen LogP contribution in [0.15, 0.2) is 0 Å². The molecule has 6 heteroatoms. The van der Waals surface area contributed by atoms with Crippen LogP contribution in [0.3, 0.4) is 0 Å². The van der Waals surface area contributed by atoms with E-state index in [1.165, 1.54) is 0 Å². The molecule has 0 aliphatic carbocycles. The van der Waals surface area contributed by atoms with Crippen LogP contribution in [0.2, 0.25) is 0 Å². The summed E-state index contributed by atoms with van der Waals surface area (Å²) >= 11 is 0. The van der Waals surface area contributed by atoms with Crippen LogP contribution in [0.25, 0.3) is 0 Å². The van der Waals surface area contributed by atoms with E-state index in [0.29, 0.717) is 19.4 Å². The first-order valence-electron chi connectivity index (χ1n) is 7.02. The highest BCUT2D eigenvalue weighted by Crippen LogP contribution is 2.05. The summed E-state index contributed by atoms with van der Waals surface area (Å²) in [4.78, 5) is 34.1. The molecule has 0 aromatic rings. The largest absolute Gasteiger partial charge is 0.481 e. The number of nitrogens with one attached hydrogen (secondary N) is 2. The minimum absolute atomic E-state index is 0.0202. The van der Waals surface area contributed by atoms with Crippen LogP contribution < -0.4 is 10.6 Å². The van der Waals surface area contributed by atoms with Gasteiger partial charge in [0.2, 0.25) is 11.8 Å². The summed E-state index contributed by atoms with van der Waals surface area (Å²) in [5.41, 5.74) is 0. The van der Waals surface area contributed by atoms with Gasteiger partial charge < -0.3 is 15.7 Å². The van der Waals surface area contributed by atoms with Gasteiger partial charge in [0.1, 0.15) is 6.04 Å². The molecule has 20 heavy (non-hydrogen) atoms. The molecular weight excluding hydrogens is 260 g/mol. The van der Waals surface area contributed by atoms with Gasteiger partial charge in [0, 0.05) is 19.4 Å². The highest BCUT2D eigenvalue weighted by Gasteiger charge is 2.23. The Labute approximate surface area is 120 Å². The molecule has 3 N–H and O–H groups in total. The lowest BCUT2D eigenvalue weighted by atomic mass is 10.0. The molecule has 116 valence electrons. The van der Waals surface area contributed by atoms with Crippen molar-refractivity contribution in [2.45, 2.75) is 53.0 Å². The molecule has 0 aromatic carbocycles. The molecule has 0 aliphatic rings. The highest BCUT2D eigenvalue weighted by molar-refractivity contribution is 5.87. The standard InChI is InChI=1S/C14H26N2O4/c1-9(2)8-11(17)16-13(10(3)4)14(20)15-7-5-6-12(18)19/h9-10,13H,5-8H2,1-4H3,(H,15,20)(H,16,17)(H,18,19). The van der Waals surface area contributed by atoms with Crippen molar-refractivity contribution in [3.63, 3.8) is 0 Å². The zero-order valence-corrected chi connectivity index (χ0v) is 12.7. The quantitative estimate of drug-likeness (QED) is 0.554. The molecule has 0 fully saturated rings. The molecule has 0 heterocycles. The number of carbonyl (C=O) groups is 3. The van der Waals surface area contributed by atoms with Gasteiger partial charge in [-0.1, -0.05) is 27.7 Å². The fourth-order valence-electron chi connectivity index (χ4n) is 1.70. The number of amides is 2. The van der Waals surface area contributed by atoms with Crippen molar-refractivity contribution in [2.75, 3.05) is 6.54 Å². The van der Waals surface area contributed by atoms with E-state index in [-0.39, 0.29) is 30.1 Å². The summed E-state index contributed by atoms with van der Waals surface area (Å²) in [6.45, 7) is 7.90. The number of carboxylic acid groups (broad SMARTS) is 1. The Morgan fingerprint density at radius 3 is 2.15 bits per heavy atom. The van der Waals surface area contributed by atoms with E-state index >= 15 is 0 Å². The maximum Gasteiger partial charge on any atom is 0.303 e. The van der Waals surface area contributed by atoms with Crippen molar-refractivity contribution in [3.05, 3.63) is 0 Å². The molecule has 2 amide bonds. The molecule has 0 saturated heterocycles. The van der Waals surface area contributed by atoms with E-state index in [1.54, 1.807) is 0 Å². The number of carbonyl (C=O) groups excluding carboxylic acids is 2. The second kappa shape index (κ2) is 9.34. The lowest BCUT2D eigenvalue weighted by molar-refractivity contribution is -0.137. The van der Waals surface area contributed by atoms with E-state index in [1.807, 2.05) is 27.7 Å². The summed E-state index contributed by atoms with van der Waals surface area (Å²) in [5.74, 6) is -1.07. The summed E-state index contributed by atoms with van der Waals surface area (Å²) in [6.07, 6.45) is 0.785. The van der Waals surface area contributed by atoms with Crippen molar-refractivity contribution in [1.29, 1.82) is 0 Å². The zero-order valence-electron chi connectivity index (χ0n) is 12.7. The number of aliphatic carboxylic acids is 1. The number of hydrogen-bond donors (Lipinski definition) is 3. The lowest BCUT2D eigenvalue weighted by Gasteiger charge is -2.22. The van der Waals surface area contributed by atoms with E-state index in [4.69, 9.17) is 5.11 Å². The molecule has 1 atom stereocenters. The maximum absolute atomic E-state index is 12.0. The third kappa shape index (κ3) is 8.50.